The van der Waals surface area contributed by atoms with Crippen LogP contribution in [0.4, 0.5) is 0 Å². The van der Waals surface area contributed by atoms with Gasteiger partial charge in [0.05, 0.1) is 27.0 Å². The molecule has 0 aliphatic carbocycles. The van der Waals surface area contributed by atoms with Gasteiger partial charge in [0.25, 0.3) is 5.91 Å². The number of nitrogens with zero attached hydrogens (tertiary/aromatic N) is 1. The van der Waals surface area contributed by atoms with Crippen molar-refractivity contribution in [3.05, 3.63) is 53.6 Å². The van der Waals surface area contributed by atoms with Gasteiger partial charge in [-0.15, -0.1) is 0 Å². The highest BCUT2D eigenvalue weighted by atomic mass is 16.6. The number of nitrogens with one attached hydrogen (secondary N) is 1. The number of benzene rings is 2. The van der Waals surface area contributed by atoms with E-state index in [0.29, 0.717) is 35.0 Å². The maximum atomic E-state index is 12.1. The normalized spacial score (nSPS) is 10.4. The minimum absolute atomic E-state index is 0.224. The fourth-order valence-corrected chi connectivity index (χ4v) is 2.18. The summed E-state index contributed by atoms with van der Waals surface area (Å²) in [6.45, 7) is 2.23. The number of esters is 1. The van der Waals surface area contributed by atoms with Gasteiger partial charge in [0.2, 0.25) is 0 Å². The highest BCUT2D eigenvalue weighted by Crippen LogP contribution is 2.27. The minimum Gasteiger partial charge on any atom is -0.494 e. The smallest absolute Gasteiger partial charge is 0.343 e. The Balaban J connectivity index is 1.97. The van der Waals surface area contributed by atoms with Crippen molar-refractivity contribution >= 4 is 18.1 Å². The van der Waals surface area contributed by atoms with Gasteiger partial charge in [-0.05, 0) is 55.0 Å². The van der Waals surface area contributed by atoms with E-state index in [0.717, 1.165) is 0 Å². The van der Waals surface area contributed by atoms with Crippen molar-refractivity contribution in [2.45, 2.75) is 6.92 Å². The maximum absolute atomic E-state index is 12.1. The number of methoxy groups -OCH3 is 2. The molecule has 28 heavy (non-hydrogen) atoms. The first-order valence-electron chi connectivity index (χ1n) is 8.51. The van der Waals surface area contributed by atoms with E-state index in [9.17, 15) is 9.59 Å². The molecule has 0 aliphatic heterocycles. The number of amides is 1. The zero-order valence-electron chi connectivity index (χ0n) is 15.9. The van der Waals surface area contributed by atoms with Gasteiger partial charge in [0, 0.05) is 5.56 Å². The predicted octanol–water partition coefficient (Wildman–Crippen LogP) is 2.41. The number of ether oxygens (including phenoxy) is 4. The molecule has 0 unspecified atom stereocenters. The van der Waals surface area contributed by atoms with Crippen LogP contribution in [0.1, 0.15) is 22.8 Å². The number of hydrogen-bond donors (Lipinski definition) is 1. The molecule has 0 bridgehead atoms. The molecule has 0 spiro atoms. The molecule has 2 aromatic carbocycles. The summed E-state index contributed by atoms with van der Waals surface area (Å²) in [5, 5.41) is 3.94. The third-order valence-electron chi connectivity index (χ3n) is 3.57. The third-order valence-corrected chi connectivity index (χ3v) is 3.57. The van der Waals surface area contributed by atoms with E-state index in [1.54, 1.807) is 42.5 Å². The van der Waals surface area contributed by atoms with E-state index in [2.05, 4.69) is 15.3 Å². The Hall–Kier alpha value is -3.55. The van der Waals surface area contributed by atoms with Crippen LogP contribution >= 0.6 is 0 Å². The average molecular weight is 386 g/mol. The molecule has 0 fully saturated rings. The monoisotopic (exact) mass is 386 g/mol. The maximum Gasteiger partial charge on any atom is 0.343 e. The summed E-state index contributed by atoms with van der Waals surface area (Å²) in [6.07, 6.45) is 1.47. The molecule has 0 aliphatic rings. The topological polar surface area (TPSA) is 95.5 Å². The summed E-state index contributed by atoms with van der Waals surface area (Å²) >= 11 is 0. The van der Waals surface area contributed by atoms with Crippen LogP contribution in [0.25, 0.3) is 0 Å². The highest BCUT2D eigenvalue weighted by molar-refractivity contribution is 5.95. The summed E-state index contributed by atoms with van der Waals surface area (Å²) in [5.74, 6) is 0.673. The molecule has 2 rings (SSSR count). The van der Waals surface area contributed by atoms with E-state index in [4.69, 9.17) is 14.2 Å². The molecule has 148 valence electrons. The van der Waals surface area contributed by atoms with Gasteiger partial charge >= 0.3 is 5.97 Å². The summed E-state index contributed by atoms with van der Waals surface area (Å²) in [4.78, 5) is 23.3. The van der Waals surface area contributed by atoms with Gasteiger partial charge in [-0.25, -0.2) is 10.2 Å². The number of hydrazone groups is 1. The largest absolute Gasteiger partial charge is 0.494 e. The molecule has 8 heteroatoms. The fraction of sp³-hybridized carbons (Fsp3) is 0.250. The van der Waals surface area contributed by atoms with Crippen molar-refractivity contribution in [3.63, 3.8) is 0 Å². The Labute approximate surface area is 163 Å². The minimum atomic E-state index is -0.496. The molecule has 1 amide bonds. The van der Waals surface area contributed by atoms with Gasteiger partial charge in [-0.3, -0.25) is 4.79 Å². The zero-order chi connectivity index (χ0) is 20.4. The number of carbonyl (C=O) groups is 2. The van der Waals surface area contributed by atoms with Crippen molar-refractivity contribution in [2.24, 2.45) is 5.10 Å². The van der Waals surface area contributed by atoms with E-state index in [1.165, 1.54) is 20.4 Å². The van der Waals surface area contributed by atoms with Crippen LogP contribution < -0.4 is 19.6 Å². The van der Waals surface area contributed by atoms with E-state index in [-0.39, 0.29) is 12.5 Å². The number of carbonyl (C=O) groups excluding carboxylic acids is 2. The number of hydrogen-bond acceptors (Lipinski definition) is 7. The van der Waals surface area contributed by atoms with E-state index in [1.807, 2.05) is 6.92 Å². The highest BCUT2D eigenvalue weighted by Gasteiger charge is 2.08. The van der Waals surface area contributed by atoms with Crippen molar-refractivity contribution in [2.75, 3.05) is 27.4 Å². The van der Waals surface area contributed by atoms with Crippen molar-refractivity contribution in [3.8, 4) is 17.2 Å². The van der Waals surface area contributed by atoms with Gasteiger partial charge in [0.15, 0.2) is 18.1 Å². The van der Waals surface area contributed by atoms with Crippen LogP contribution in [0, 0.1) is 0 Å². The standard InChI is InChI=1S/C20H22N2O6/c1-4-27-16-8-6-15(7-9-16)20(24)22-21-12-14-5-10-17(18(11-14)25-2)28-13-19(23)26-3/h5-12H,4,13H2,1-3H3,(H,22,24)/b21-12+. The van der Waals surface area contributed by atoms with Crippen LogP contribution in [0.3, 0.4) is 0 Å². The second-order valence-corrected chi connectivity index (χ2v) is 5.43. The quantitative estimate of drug-likeness (QED) is 0.404. The lowest BCUT2D eigenvalue weighted by atomic mass is 10.2. The molecule has 1 N–H and O–H groups in total. The SMILES string of the molecule is CCOc1ccc(C(=O)N/N=C/c2ccc(OCC(=O)OC)c(OC)c2)cc1. The summed E-state index contributed by atoms with van der Waals surface area (Å²) in [5.41, 5.74) is 3.59. The average Bonchev–Trinajstić information content (AvgIpc) is 2.73. The summed E-state index contributed by atoms with van der Waals surface area (Å²) < 4.78 is 20.4. The molecular formula is C20H22N2O6. The molecule has 0 radical (unpaired) electrons. The lowest BCUT2D eigenvalue weighted by Gasteiger charge is -2.10. The van der Waals surface area contributed by atoms with Gasteiger partial charge in [0.1, 0.15) is 5.75 Å². The number of rotatable bonds is 9. The molecule has 2 aromatic rings. The molecule has 0 saturated heterocycles. The van der Waals surface area contributed by atoms with Gasteiger partial charge < -0.3 is 18.9 Å². The van der Waals surface area contributed by atoms with Crippen LogP contribution in [0.15, 0.2) is 47.6 Å². The van der Waals surface area contributed by atoms with Crippen LogP contribution in [-0.2, 0) is 9.53 Å². The first kappa shape index (κ1) is 20.8. The predicted molar refractivity (Wildman–Crippen MR) is 103 cm³/mol. The van der Waals surface area contributed by atoms with Gasteiger partial charge in [-0.1, -0.05) is 0 Å². The van der Waals surface area contributed by atoms with Crippen molar-refractivity contribution < 1.29 is 28.5 Å². The second kappa shape index (κ2) is 10.6. The Kier molecular flexibility index (Phi) is 7.83. The first-order chi connectivity index (χ1) is 13.6. The Morgan fingerprint density at radius 2 is 1.79 bits per heavy atom. The molecule has 0 heterocycles. The van der Waals surface area contributed by atoms with Gasteiger partial charge in [-0.2, -0.15) is 5.10 Å². The molecule has 8 nitrogen and oxygen atoms in total. The molecule has 0 aromatic heterocycles. The van der Waals surface area contributed by atoms with E-state index >= 15 is 0 Å². The second-order valence-electron chi connectivity index (χ2n) is 5.43. The van der Waals surface area contributed by atoms with Crippen LogP contribution in [0.5, 0.6) is 17.2 Å². The third kappa shape index (κ3) is 6.01. The molecule has 0 atom stereocenters. The molecular weight excluding hydrogens is 364 g/mol. The lowest BCUT2D eigenvalue weighted by Crippen LogP contribution is -2.17. The van der Waals surface area contributed by atoms with Crippen molar-refractivity contribution in [1.29, 1.82) is 0 Å². The van der Waals surface area contributed by atoms with Crippen LogP contribution in [0.2, 0.25) is 0 Å². The summed E-state index contributed by atoms with van der Waals surface area (Å²) in [6, 6.07) is 11.8. The lowest BCUT2D eigenvalue weighted by molar-refractivity contribution is -0.142. The Morgan fingerprint density at radius 3 is 2.43 bits per heavy atom. The van der Waals surface area contributed by atoms with Crippen LogP contribution in [-0.4, -0.2) is 45.5 Å². The van der Waals surface area contributed by atoms with Crippen molar-refractivity contribution in [1.82, 2.24) is 5.43 Å². The Morgan fingerprint density at radius 1 is 1.04 bits per heavy atom. The Bertz CT molecular complexity index is 833. The fourth-order valence-electron chi connectivity index (χ4n) is 2.18. The van der Waals surface area contributed by atoms with E-state index < -0.39 is 5.97 Å². The first-order valence-corrected chi connectivity index (χ1v) is 8.51. The zero-order valence-corrected chi connectivity index (χ0v) is 15.9. The summed E-state index contributed by atoms with van der Waals surface area (Å²) in [7, 11) is 2.76. The molecule has 0 saturated carbocycles.